The van der Waals surface area contributed by atoms with Crippen LogP contribution < -0.4 is 10.1 Å². The van der Waals surface area contributed by atoms with Crippen molar-refractivity contribution in [2.45, 2.75) is 39.7 Å². The minimum Gasteiger partial charge on any atom is -0.492 e. The molecular weight excluding hydrogens is 248 g/mol. The van der Waals surface area contributed by atoms with Crippen molar-refractivity contribution in [2.75, 3.05) is 32.8 Å². The summed E-state index contributed by atoms with van der Waals surface area (Å²) < 4.78 is 5.93. The number of benzene rings is 1. The van der Waals surface area contributed by atoms with Crippen LogP contribution in [0.5, 0.6) is 5.75 Å². The third-order valence-electron chi connectivity index (χ3n) is 4.07. The fourth-order valence-electron chi connectivity index (χ4n) is 2.82. The Balaban J connectivity index is 1.85. The molecule has 2 rings (SSSR count). The molecule has 1 aliphatic heterocycles. The van der Waals surface area contributed by atoms with Gasteiger partial charge in [-0.25, -0.2) is 0 Å². The first-order valence-electron chi connectivity index (χ1n) is 7.89. The number of ether oxygens (including phenoxy) is 1. The summed E-state index contributed by atoms with van der Waals surface area (Å²) in [5.74, 6) is 1.02. The van der Waals surface area contributed by atoms with Crippen molar-refractivity contribution in [1.29, 1.82) is 0 Å². The Labute approximate surface area is 123 Å². The van der Waals surface area contributed by atoms with Gasteiger partial charge in [0.15, 0.2) is 0 Å². The molecule has 0 radical (unpaired) electrons. The Morgan fingerprint density at radius 1 is 1.30 bits per heavy atom. The molecule has 1 unspecified atom stereocenters. The molecule has 20 heavy (non-hydrogen) atoms. The van der Waals surface area contributed by atoms with Gasteiger partial charge in [0.1, 0.15) is 12.4 Å². The van der Waals surface area contributed by atoms with Crippen LogP contribution in [0, 0.1) is 6.92 Å². The summed E-state index contributed by atoms with van der Waals surface area (Å²) >= 11 is 0. The van der Waals surface area contributed by atoms with Crippen LogP contribution >= 0.6 is 0 Å². The smallest absolute Gasteiger partial charge is 0.122 e. The quantitative estimate of drug-likeness (QED) is 0.828. The van der Waals surface area contributed by atoms with Crippen LogP contribution in [-0.2, 0) is 0 Å². The fourth-order valence-corrected chi connectivity index (χ4v) is 2.82. The third-order valence-corrected chi connectivity index (χ3v) is 4.07. The number of nitrogens with one attached hydrogen (secondary N) is 1. The zero-order valence-electron chi connectivity index (χ0n) is 13.1. The zero-order valence-corrected chi connectivity index (χ0v) is 13.1. The van der Waals surface area contributed by atoms with Crippen LogP contribution in [0.2, 0.25) is 0 Å². The van der Waals surface area contributed by atoms with Crippen molar-refractivity contribution in [3.05, 3.63) is 29.3 Å². The predicted molar refractivity (Wildman–Crippen MR) is 84.4 cm³/mol. The van der Waals surface area contributed by atoms with Gasteiger partial charge in [0.25, 0.3) is 0 Å². The van der Waals surface area contributed by atoms with Crippen LogP contribution in [0.15, 0.2) is 18.2 Å². The lowest BCUT2D eigenvalue weighted by atomic mass is 10.1. The van der Waals surface area contributed by atoms with Gasteiger partial charge in [0, 0.05) is 12.6 Å². The molecule has 0 bridgehead atoms. The molecule has 0 spiro atoms. The molecule has 1 aliphatic rings. The Bertz CT molecular complexity index is 413. The highest BCUT2D eigenvalue weighted by Gasteiger charge is 2.11. The van der Waals surface area contributed by atoms with Gasteiger partial charge in [-0.3, -0.25) is 4.90 Å². The molecule has 1 aromatic rings. The second-order valence-electron chi connectivity index (χ2n) is 5.70. The van der Waals surface area contributed by atoms with Gasteiger partial charge in [0.05, 0.1) is 0 Å². The van der Waals surface area contributed by atoms with Crippen molar-refractivity contribution in [1.82, 2.24) is 10.2 Å². The van der Waals surface area contributed by atoms with Gasteiger partial charge >= 0.3 is 0 Å². The van der Waals surface area contributed by atoms with Crippen molar-refractivity contribution < 1.29 is 4.74 Å². The third kappa shape index (κ3) is 4.22. The lowest BCUT2D eigenvalue weighted by molar-refractivity contribution is 0.237. The molecule has 0 aliphatic carbocycles. The molecule has 1 N–H and O–H groups in total. The molecular formula is C17H28N2O. The van der Waals surface area contributed by atoms with E-state index in [1.54, 1.807) is 0 Å². The molecule has 0 saturated carbocycles. The van der Waals surface area contributed by atoms with E-state index in [9.17, 15) is 0 Å². The summed E-state index contributed by atoms with van der Waals surface area (Å²) in [5.41, 5.74) is 2.56. The summed E-state index contributed by atoms with van der Waals surface area (Å²) in [4.78, 5) is 2.48. The van der Waals surface area contributed by atoms with Gasteiger partial charge in [-0.1, -0.05) is 19.1 Å². The summed E-state index contributed by atoms with van der Waals surface area (Å²) in [6.45, 7) is 11.8. The molecule has 3 heteroatoms. The van der Waals surface area contributed by atoms with Crippen LogP contribution in [0.25, 0.3) is 0 Å². The average molecular weight is 276 g/mol. The van der Waals surface area contributed by atoms with Gasteiger partial charge in [0.2, 0.25) is 0 Å². The van der Waals surface area contributed by atoms with Gasteiger partial charge < -0.3 is 10.1 Å². The topological polar surface area (TPSA) is 24.5 Å². The van der Waals surface area contributed by atoms with E-state index in [1.807, 2.05) is 0 Å². The number of likely N-dealkylation sites (tertiary alicyclic amines) is 1. The number of nitrogens with zero attached hydrogens (tertiary/aromatic N) is 1. The van der Waals surface area contributed by atoms with E-state index in [0.717, 1.165) is 25.4 Å². The fraction of sp³-hybridized carbons (Fsp3) is 0.647. The lowest BCUT2D eigenvalue weighted by Gasteiger charge is -2.17. The minimum absolute atomic E-state index is 0.400. The normalized spacial score (nSPS) is 17.4. The molecule has 1 heterocycles. The molecule has 112 valence electrons. The molecule has 3 nitrogen and oxygen atoms in total. The maximum absolute atomic E-state index is 5.93. The second-order valence-corrected chi connectivity index (χ2v) is 5.70. The highest BCUT2D eigenvalue weighted by atomic mass is 16.5. The molecule has 1 atom stereocenters. The summed E-state index contributed by atoms with van der Waals surface area (Å²) in [6.07, 6.45) is 2.69. The van der Waals surface area contributed by atoms with Crippen molar-refractivity contribution in [2.24, 2.45) is 0 Å². The standard InChI is InChI=1S/C17H28N2O/c1-4-18-15(3)16-7-8-17(14(2)13-16)20-12-11-19-9-5-6-10-19/h7-8,13,15,18H,4-6,9-12H2,1-3H3. The second kappa shape index (κ2) is 7.65. The Morgan fingerprint density at radius 3 is 2.70 bits per heavy atom. The van der Waals surface area contributed by atoms with Crippen molar-refractivity contribution >= 4 is 0 Å². The largest absolute Gasteiger partial charge is 0.492 e. The van der Waals surface area contributed by atoms with Gasteiger partial charge in [-0.05, 0) is 63.5 Å². The average Bonchev–Trinajstić information content (AvgIpc) is 2.94. The zero-order chi connectivity index (χ0) is 14.4. The van der Waals surface area contributed by atoms with Gasteiger partial charge in [-0.2, -0.15) is 0 Å². The predicted octanol–water partition coefficient (Wildman–Crippen LogP) is 3.14. The molecule has 0 amide bonds. The SMILES string of the molecule is CCNC(C)c1ccc(OCCN2CCCC2)c(C)c1. The lowest BCUT2D eigenvalue weighted by Crippen LogP contribution is -2.25. The minimum atomic E-state index is 0.400. The Kier molecular flexibility index (Phi) is 5.86. The van der Waals surface area contributed by atoms with Crippen LogP contribution in [0.1, 0.15) is 43.9 Å². The summed E-state index contributed by atoms with van der Waals surface area (Å²) in [5, 5.41) is 3.44. The number of rotatable bonds is 7. The van der Waals surface area contributed by atoms with Crippen LogP contribution in [-0.4, -0.2) is 37.7 Å². The summed E-state index contributed by atoms with van der Waals surface area (Å²) in [7, 11) is 0. The number of hydrogen-bond acceptors (Lipinski definition) is 3. The highest BCUT2D eigenvalue weighted by Crippen LogP contribution is 2.22. The molecule has 1 fully saturated rings. The van der Waals surface area contributed by atoms with Crippen molar-refractivity contribution in [3.8, 4) is 5.75 Å². The number of hydrogen-bond donors (Lipinski definition) is 1. The van der Waals surface area contributed by atoms with Crippen molar-refractivity contribution in [3.63, 3.8) is 0 Å². The van der Waals surface area contributed by atoms with Gasteiger partial charge in [-0.15, -0.1) is 0 Å². The van der Waals surface area contributed by atoms with E-state index in [0.29, 0.717) is 6.04 Å². The first-order chi connectivity index (χ1) is 9.70. The van der Waals surface area contributed by atoms with Crippen LogP contribution in [0.4, 0.5) is 0 Å². The highest BCUT2D eigenvalue weighted by molar-refractivity contribution is 5.37. The Morgan fingerprint density at radius 2 is 2.05 bits per heavy atom. The van der Waals surface area contributed by atoms with E-state index in [1.165, 1.54) is 37.1 Å². The summed E-state index contributed by atoms with van der Waals surface area (Å²) in [6, 6.07) is 6.92. The van der Waals surface area contributed by atoms with E-state index in [-0.39, 0.29) is 0 Å². The molecule has 0 aromatic heterocycles. The van der Waals surface area contributed by atoms with Crippen LogP contribution in [0.3, 0.4) is 0 Å². The van der Waals surface area contributed by atoms with E-state index in [2.05, 4.69) is 49.2 Å². The first kappa shape index (κ1) is 15.3. The molecule has 1 aromatic carbocycles. The van der Waals surface area contributed by atoms with E-state index in [4.69, 9.17) is 4.74 Å². The molecule has 1 saturated heterocycles. The Hall–Kier alpha value is -1.06. The maximum atomic E-state index is 5.93. The first-order valence-corrected chi connectivity index (χ1v) is 7.89. The maximum Gasteiger partial charge on any atom is 0.122 e. The monoisotopic (exact) mass is 276 g/mol. The van der Waals surface area contributed by atoms with E-state index < -0.39 is 0 Å². The number of aryl methyl sites for hydroxylation is 1. The van der Waals surface area contributed by atoms with E-state index >= 15 is 0 Å².